The van der Waals surface area contributed by atoms with Crippen LogP contribution in [0.5, 0.6) is 0 Å². The lowest BCUT2D eigenvalue weighted by atomic mass is 10.2. The van der Waals surface area contributed by atoms with Gasteiger partial charge in [-0.05, 0) is 39.2 Å². The van der Waals surface area contributed by atoms with E-state index in [2.05, 4.69) is 44.1 Å². The Balaban J connectivity index is 1.25. The van der Waals surface area contributed by atoms with Gasteiger partial charge in [-0.2, -0.15) is 14.3 Å². The van der Waals surface area contributed by atoms with Crippen molar-refractivity contribution in [2.24, 2.45) is 0 Å². The van der Waals surface area contributed by atoms with Gasteiger partial charge in [0.25, 0.3) is 15.9 Å². The molecule has 2 atom stereocenters. The molecular weight excluding hydrogens is 560 g/mol. The van der Waals surface area contributed by atoms with Crippen molar-refractivity contribution in [3.63, 3.8) is 0 Å². The van der Waals surface area contributed by atoms with E-state index in [1.54, 1.807) is 23.4 Å². The standard InChI is InChI=1S/C27H34N10O4S/c1-4-17(2)37-22-13-24(29-15-21(22)26(33-37)34-9-11-35(12-10-34)27(39)18(3)38)31-23-7-8-28-25(32-23)19-14-30-36(16-19)42(40,41)20-5-6-20/h7-8,13-18,20,38H,4-6,9-12H2,1-3H3,(H,28,29,31,32). The number of amides is 1. The van der Waals surface area contributed by atoms with Crippen LogP contribution in [-0.4, -0.2) is 95.8 Å². The summed E-state index contributed by atoms with van der Waals surface area (Å²) in [6, 6.07) is 3.79. The molecule has 0 bridgehead atoms. The third kappa shape index (κ3) is 5.29. The van der Waals surface area contributed by atoms with Crippen LogP contribution >= 0.6 is 0 Å². The number of carbonyl (C=O) groups excluding carboxylic acids is 1. The van der Waals surface area contributed by atoms with Crippen LogP contribution in [0, 0.1) is 0 Å². The van der Waals surface area contributed by atoms with Crippen molar-refractivity contribution in [3.8, 4) is 11.4 Å². The summed E-state index contributed by atoms with van der Waals surface area (Å²) in [6.45, 7) is 7.95. The lowest BCUT2D eigenvalue weighted by Crippen LogP contribution is -2.51. The summed E-state index contributed by atoms with van der Waals surface area (Å²) in [6.07, 6.45) is 7.48. The molecule has 4 aromatic heterocycles. The second kappa shape index (κ2) is 10.9. The highest BCUT2D eigenvalue weighted by molar-refractivity contribution is 7.90. The third-order valence-electron chi connectivity index (χ3n) is 7.77. The third-order valence-corrected chi connectivity index (χ3v) is 9.80. The fraction of sp³-hybridized carbons (Fsp3) is 0.481. The molecule has 15 heteroatoms. The Labute approximate surface area is 243 Å². The number of carbonyl (C=O) groups is 1. The van der Waals surface area contributed by atoms with Crippen molar-refractivity contribution < 1.29 is 18.3 Å². The molecule has 1 aliphatic carbocycles. The van der Waals surface area contributed by atoms with Gasteiger partial charge in [-0.25, -0.2) is 23.4 Å². The predicted octanol–water partition coefficient (Wildman–Crippen LogP) is 2.17. The minimum Gasteiger partial charge on any atom is -0.384 e. The first-order valence-electron chi connectivity index (χ1n) is 14.1. The first kappa shape index (κ1) is 28.0. The number of anilines is 3. The van der Waals surface area contributed by atoms with Crippen molar-refractivity contribution in [3.05, 3.63) is 36.9 Å². The van der Waals surface area contributed by atoms with E-state index in [0.29, 0.717) is 62.0 Å². The van der Waals surface area contributed by atoms with E-state index >= 15 is 0 Å². The summed E-state index contributed by atoms with van der Waals surface area (Å²) in [5.74, 6) is 1.97. The van der Waals surface area contributed by atoms with Crippen molar-refractivity contribution in [1.29, 1.82) is 0 Å². The van der Waals surface area contributed by atoms with Crippen LogP contribution in [0.3, 0.4) is 0 Å². The molecular formula is C27H34N10O4S. The zero-order chi connectivity index (χ0) is 29.6. The Bertz CT molecular complexity index is 1720. The topological polar surface area (TPSA) is 164 Å². The summed E-state index contributed by atoms with van der Waals surface area (Å²) in [5.41, 5.74) is 1.42. The molecule has 42 heavy (non-hydrogen) atoms. The molecule has 2 unspecified atom stereocenters. The zero-order valence-electron chi connectivity index (χ0n) is 23.8. The monoisotopic (exact) mass is 594 g/mol. The molecule has 4 aromatic rings. The maximum Gasteiger partial charge on any atom is 0.256 e. The molecule has 1 aliphatic heterocycles. The van der Waals surface area contributed by atoms with E-state index in [0.717, 1.165) is 27.2 Å². The molecule has 6 rings (SSSR count). The predicted molar refractivity (Wildman–Crippen MR) is 157 cm³/mol. The van der Waals surface area contributed by atoms with Gasteiger partial charge in [0.05, 0.1) is 34.1 Å². The minimum absolute atomic E-state index is 0.142. The molecule has 0 spiro atoms. The van der Waals surface area contributed by atoms with Gasteiger partial charge in [0.1, 0.15) is 17.7 Å². The fourth-order valence-electron chi connectivity index (χ4n) is 5.01. The maximum absolute atomic E-state index is 12.5. The second-order valence-electron chi connectivity index (χ2n) is 10.8. The number of hydrogen-bond donors (Lipinski definition) is 2. The number of hydrogen-bond acceptors (Lipinski definition) is 11. The smallest absolute Gasteiger partial charge is 0.256 e. The van der Waals surface area contributed by atoms with Gasteiger partial charge < -0.3 is 20.2 Å². The molecule has 2 N–H and O–H groups in total. The molecule has 0 radical (unpaired) electrons. The van der Waals surface area contributed by atoms with Crippen molar-refractivity contribution in [2.75, 3.05) is 36.4 Å². The van der Waals surface area contributed by atoms with Crippen molar-refractivity contribution in [2.45, 2.75) is 57.4 Å². The first-order valence-corrected chi connectivity index (χ1v) is 15.7. The lowest BCUT2D eigenvalue weighted by molar-refractivity contribution is -0.139. The Kier molecular flexibility index (Phi) is 7.30. The average Bonchev–Trinajstić information content (AvgIpc) is 3.62. The molecule has 1 amide bonds. The van der Waals surface area contributed by atoms with Crippen LogP contribution in [0.25, 0.3) is 22.3 Å². The summed E-state index contributed by atoms with van der Waals surface area (Å²) in [5, 5.41) is 22.5. The molecule has 1 saturated heterocycles. The molecule has 5 heterocycles. The Morgan fingerprint density at radius 1 is 1.12 bits per heavy atom. The van der Waals surface area contributed by atoms with E-state index in [-0.39, 0.29) is 17.2 Å². The number of aliphatic hydroxyl groups is 1. The van der Waals surface area contributed by atoms with E-state index in [1.165, 1.54) is 19.3 Å². The van der Waals surface area contributed by atoms with Crippen LogP contribution in [0.1, 0.15) is 46.1 Å². The molecule has 2 fully saturated rings. The largest absolute Gasteiger partial charge is 0.384 e. The summed E-state index contributed by atoms with van der Waals surface area (Å²) >= 11 is 0. The molecule has 1 saturated carbocycles. The van der Waals surface area contributed by atoms with Gasteiger partial charge in [0, 0.05) is 50.7 Å². The van der Waals surface area contributed by atoms with Gasteiger partial charge in [-0.3, -0.25) is 9.48 Å². The van der Waals surface area contributed by atoms with Gasteiger partial charge in [-0.15, -0.1) is 0 Å². The lowest BCUT2D eigenvalue weighted by Gasteiger charge is -2.35. The normalized spacial score (nSPS) is 17.4. The minimum atomic E-state index is -3.48. The van der Waals surface area contributed by atoms with Crippen LogP contribution in [0.15, 0.2) is 36.9 Å². The quantitative estimate of drug-likeness (QED) is 0.292. The number of nitrogens with zero attached hydrogens (tertiary/aromatic N) is 9. The second-order valence-corrected chi connectivity index (χ2v) is 12.9. The highest BCUT2D eigenvalue weighted by Crippen LogP contribution is 2.32. The number of rotatable bonds is 9. The summed E-state index contributed by atoms with van der Waals surface area (Å²) in [4.78, 5) is 29.6. The van der Waals surface area contributed by atoms with E-state index in [9.17, 15) is 18.3 Å². The fourth-order valence-corrected chi connectivity index (χ4v) is 6.48. The Morgan fingerprint density at radius 3 is 2.57 bits per heavy atom. The maximum atomic E-state index is 12.5. The SMILES string of the molecule is CCC(C)n1nc(N2CCN(C(=O)C(C)O)CC2)c2cnc(Nc3ccnc(-c4cnn(S(=O)(=O)C5CC5)c4)n3)cc21. The molecule has 222 valence electrons. The number of fused-ring (bicyclic) bond motifs is 1. The van der Waals surface area contributed by atoms with Crippen molar-refractivity contribution >= 4 is 44.3 Å². The van der Waals surface area contributed by atoms with Crippen molar-refractivity contribution in [1.82, 2.24) is 38.8 Å². The highest BCUT2D eigenvalue weighted by Gasteiger charge is 2.37. The van der Waals surface area contributed by atoms with Gasteiger partial charge >= 0.3 is 0 Å². The molecule has 14 nitrogen and oxygen atoms in total. The van der Waals surface area contributed by atoms with Crippen LogP contribution < -0.4 is 10.2 Å². The first-order chi connectivity index (χ1) is 20.2. The summed E-state index contributed by atoms with van der Waals surface area (Å²) in [7, 11) is -3.48. The van der Waals surface area contributed by atoms with Gasteiger partial charge in [-0.1, -0.05) is 6.92 Å². The van der Waals surface area contributed by atoms with E-state index < -0.39 is 16.1 Å². The number of piperazine rings is 1. The Hall–Kier alpha value is -4.11. The highest BCUT2D eigenvalue weighted by atomic mass is 32.2. The number of pyridine rings is 1. The van der Waals surface area contributed by atoms with E-state index in [1.807, 2.05) is 10.7 Å². The molecule has 0 aromatic carbocycles. The number of aromatic nitrogens is 7. The average molecular weight is 595 g/mol. The number of aliphatic hydroxyl groups excluding tert-OH is 1. The number of nitrogens with one attached hydrogen (secondary N) is 1. The van der Waals surface area contributed by atoms with Gasteiger partial charge in [0.15, 0.2) is 11.6 Å². The molecule has 2 aliphatic rings. The Morgan fingerprint density at radius 2 is 1.88 bits per heavy atom. The summed E-state index contributed by atoms with van der Waals surface area (Å²) < 4.78 is 28.1. The van der Waals surface area contributed by atoms with E-state index in [4.69, 9.17) is 5.10 Å². The van der Waals surface area contributed by atoms with Crippen LogP contribution in [-0.2, 0) is 14.8 Å². The zero-order valence-corrected chi connectivity index (χ0v) is 24.6. The van der Waals surface area contributed by atoms with Crippen LogP contribution in [0.4, 0.5) is 17.5 Å². The van der Waals surface area contributed by atoms with Gasteiger partial charge in [0.2, 0.25) is 0 Å². The van der Waals surface area contributed by atoms with Crippen LogP contribution in [0.2, 0.25) is 0 Å².